The van der Waals surface area contributed by atoms with Gasteiger partial charge in [0.1, 0.15) is 5.01 Å². The molecule has 1 aromatic carbocycles. The zero-order valence-electron chi connectivity index (χ0n) is 16.8. The second-order valence-electron chi connectivity index (χ2n) is 6.83. The van der Waals surface area contributed by atoms with Crippen molar-refractivity contribution in [1.82, 2.24) is 15.2 Å². The lowest BCUT2D eigenvalue weighted by Crippen LogP contribution is -2.40. The van der Waals surface area contributed by atoms with Crippen LogP contribution in [0.3, 0.4) is 0 Å². The zero-order chi connectivity index (χ0) is 19.6. The highest BCUT2D eigenvalue weighted by Crippen LogP contribution is 2.22. The van der Waals surface area contributed by atoms with Crippen LogP contribution >= 0.6 is 11.3 Å². The molecule has 1 aliphatic heterocycles. The van der Waals surface area contributed by atoms with Crippen LogP contribution in [0.15, 0.2) is 40.7 Å². The summed E-state index contributed by atoms with van der Waals surface area (Å²) in [5, 5.41) is 6.56. The quantitative estimate of drug-likeness (QED) is 0.396. The highest BCUT2D eigenvalue weighted by molar-refractivity contribution is 7.09. The van der Waals surface area contributed by atoms with Gasteiger partial charge in [-0.15, -0.1) is 11.3 Å². The molecule has 0 radical (unpaired) electrons. The molecule has 0 aliphatic carbocycles. The Morgan fingerprint density at radius 3 is 2.96 bits per heavy atom. The molecule has 2 heterocycles. The van der Waals surface area contributed by atoms with Crippen LogP contribution in [0.2, 0.25) is 0 Å². The Morgan fingerprint density at radius 2 is 2.18 bits per heavy atom. The van der Waals surface area contributed by atoms with E-state index in [0.717, 1.165) is 54.9 Å². The molecule has 1 unspecified atom stereocenters. The maximum absolute atomic E-state index is 5.70. The van der Waals surface area contributed by atoms with Gasteiger partial charge in [-0.25, -0.2) is 9.98 Å². The molecular formula is C21H30N4O2S. The first-order valence-electron chi connectivity index (χ1n) is 9.90. The lowest BCUT2D eigenvalue weighted by Gasteiger charge is -2.21. The standard InChI is InChI=1S/C21H30N4O2S/c1-3-22-21(25-10-9-17(14-25)15-27-12-11-26-2)23-13-20-24-19(16-28-20)18-7-5-4-6-8-18/h4-8,16-17H,3,9-15H2,1-2H3,(H,22,23). The predicted octanol–water partition coefficient (Wildman–Crippen LogP) is 3.26. The highest BCUT2D eigenvalue weighted by atomic mass is 32.1. The number of guanidine groups is 1. The molecule has 0 bridgehead atoms. The summed E-state index contributed by atoms with van der Waals surface area (Å²) in [5.74, 6) is 1.52. The molecule has 0 spiro atoms. The summed E-state index contributed by atoms with van der Waals surface area (Å²) < 4.78 is 10.7. The third-order valence-electron chi connectivity index (χ3n) is 4.69. The SMILES string of the molecule is CCNC(=NCc1nc(-c2ccccc2)cs1)N1CCC(COCCOC)C1. The van der Waals surface area contributed by atoms with Crippen molar-refractivity contribution in [2.45, 2.75) is 19.9 Å². The van der Waals surface area contributed by atoms with E-state index in [4.69, 9.17) is 19.5 Å². The van der Waals surface area contributed by atoms with Crippen LogP contribution in [0, 0.1) is 5.92 Å². The summed E-state index contributed by atoms with van der Waals surface area (Å²) in [6, 6.07) is 10.3. The first kappa shape index (κ1) is 20.8. The Morgan fingerprint density at radius 1 is 1.32 bits per heavy atom. The summed E-state index contributed by atoms with van der Waals surface area (Å²) in [6.07, 6.45) is 1.13. The lowest BCUT2D eigenvalue weighted by atomic mass is 10.1. The van der Waals surface area contributed by atoms with E-state index in [1.54, 1.807) is 18.4 Å². The number of benzene rings is 1. The largest absolute Gasteiger partial charge is 0.382 e. The second kappa shape index (κ2) is 11.1. The summed E-state index contributed by atoms with van der Waals surface area (Å²) in [4.78, 5) is 11.9. The van der Waals surface area contributed by atoms with Gasteiger partial charge in [-0.3, -0.25) is 0 Å². The number of likely N-dealkylation sites (tertiary alicyclic amines) is 1. The number of methoxy groups -OCH3 is 1. The summed E-state index contributed by atoms with van der Waals surface area (Å²) >= 11 is 1.67. The van der Waals surface area contributed by atoms with Crippen LogP contribution in [0.1, 0.15) is 18.4 Å². The van der Waals surface area contributed by atoms with Crippen LogP contribution in [-0.2, 0) is 16.0 Å². The van der Waals surface area contributed by atoms with Gasteiger partial charge in [0, 0.05) is 43.6 Å². The molecule has 2 aromatic rings. The van der Waals surface area contributed by atoms with E-state index in [1.165, 1.54) is 0 Å². The maximum atomic E-state index is 5.70. The van der Waals surface area contributed by atoms with Crippen LogP contribution in [0.4, 0.5) is 0 Å². The van der Waals surface area contributed by atoms with Gasteiger partial charge in [0.25, 0.3) is 0 Å². The van der Waals surface area contributed by atoms with Gasteiger partial charge < -0.3 is 19.7 Å². The Labute approximate surface area is 171 Å². The number of nitrogens with one attached hydrogen (secondary N) is 1. The number of hydrogen-bond donors (Lipinski definition) is 1. The molecule has 0 saturated carbocycles. The average molecular weight is 403 g/mol. The lowest BCUT2D eigenvalue weighted by molar-refractivity contribution is 0.0536. The minimum Gasteiger partial charge on any atom is -0.382 e. The maximum Gasteiger partial charge on any atom is 0.194 e. The molecule has 1 aromatic heterocycles. The van der Waals surface area contributed by atoms with Gasteiger partial charge in [0.15, 0.2) is 5.96 Å². The Kier molecular flexibility index (Phi) is 8.26. The number of nitrogens with zero attached hydrogens (tertiary/aromatic N) is 3. The molecule has 1 atom stereocenters. The number of hydrogen-bond acceptors (Lipinski definition) is 5. The first-order chi connectivity index (χ1) is 13.8. The molecule has 3 rings (SSSR count). The number of ether oxygens (including phenoxy) is 2. The topological polar surface area (TPSA) is 59.0 Å². The van der Waals surface area contributed by atoms with Crippen LogP contribution < -0.4 is 5.32 Å². The molecule has 1 saturated heterocycles. The van der Waals surface area contributed by atoms with Gasteiger partial charge in [0.05, 0.1) is 32.1 Å². The summed E-state index contributed by atoms with van der Waals surface area (Å²) in [7, 11) is 1.70. The van der Waals surface area contributed by atoms with E-state index in [1.807, 2.05) is 18.2 Å². The Hall–Kier alpha value is -1.96. The average Bonchev–Trinajstić information content (AvgIpc) is 3.39. The zero-order valence-corrected chi connectivity index (χ0v) is 17.6. The van der Waals surface area contributed by atoms with Crippen LogP contribution in [-0.4, -0.2) is 62.4 Å². The Balaban J connectivity index is 1.55. The fourth-order valence-electron chi connectivity index (χ4n) is 3.25. The fraction of sp³-hybridized carbons (Fsp3) is 0.524. The van der Waals surface area contributed by atoms with E-state index in [2.05, 4.69) is 34.7 Å². The van der Waals surface area contributed by atoms with Crippen molar-refractivity contribution >= 4 is 17.3 Å². The molecule has 0 amide bonds. The highest BCUT2D eigenvalue weighted by Gasteiger charge is 2.25. The van der Waals surface area contributed by atoms with Gasteiger partial charge in [-0.1, -0.05) is 30.3 Å². The number of aromatic nitrogens is 1. The van der Waals surface area contributed by atoms with Crippen molar-refractivity contribution in [3.05, 3.63) is 40.7 Å². The molecule has 1 N–H and O–H groups in total. The number of rotatable bonds is 9. The summed E-state index contributed by atoms with van der Waals surface area (Å²) in [5.41, 5.74) is 2.17. The van der Waals surface area contributed by atoms with E-state index in [-0.39, 0.29) is 0 Å². The monoisotopic (exact) mass is 402 g/mol. The second-order valence-corrected chi connectivity index (χ2v) is 7.77. The van der Waals surface area contributed by atoms with Gasteiger partial charge >= 0.3 is 0 Å². The summed E-state index contributed by atoms with van der Waals surface area (Å²) in [6.45, 7) is 7.65. The van der Waals surface area contributed by atoms with Crippen molar-refractivity contribution in [3.8, 4) is 11.3 Å². The van der Waals surface area contributed by atoms with Gasteiger partial charge in [-0.05, 0) is 13.3 Å². The predicted molar refractivity (Wildman–Crippen MR) is 115 cm³/mol. The fourth-order valence-corrected chi connectivity index (χ4v) is 3.97. The number of thiazole rings is 1. The van der Waals surface area contributed by atoms with E-state index >= 15 is 0 Å². The molecule has 1 fully saturated rings. The molecule has 6 nitrogen and oxygen atoms in total. The number of aliphatic imine (C=N–C) groups is 1. The van der Waals surface area contributed by atoms with Crippen LogP contribution in [0.25, 0.3) is 11.3 Å². The minimum atomic E-state index is 0.547. The third-order valence-corrected chi connectivity index (χ3v) is 5.52. The van der Waals surface area contributed by atoms with Crippen molar-refractivity contribution in [2.75, 3.05) is 46.6 Å². The van der Waals surface area contributed by atoms with Gasteiger partial charge in [0.2, 0.25) is 0 Å². The molecule has 7 heteroatoms. The Bertz CT molecular complexity index is 735. The van der Waals surface area contributed by atoms with Crippen molar-refractivity contribution in [1.29, 1.82) is 0 Å². The molecular weight excluding hydrogens is 372 g/mol. The van der Waals surface area contributed by atoms with Crippen molar-refractivity contribution in [3.63, 3.8) is 0 Å². The van der Waals surface area contributed by atoms with Crippen LogP contribution in [0.5, 0.6) is 0 Å². The van der Waals surface area contributed by atoms with E-state index in [0.29, 0.717) is 25.7 Å². The third kappa shape index (κ3) is 6.02. The van der Waals surface area contributed by atoms with Crippen molar-refractivity contribution < 1.29 is 9.47 Å². The normalized spacial score (nSPS) is 17.3. The molecule has 28 heavy (non-hydrogen) atoms. The smallest absolute Gasteiger partial charge is 0.194 e. The van der Waals surface area contributed by atoms with E-state index in [9.17, 15) is 0 Å². The molecule has 1 aliphatic rings. The van der Waals surface area contributed by atoms with Crippen molar-refractivity contribution in [2.24, 2.45) is 10.9 Å². The first-order valence-corrected chi connectivity index (χ1v) is 10.8. The van der Waals surface area contributed by atoms with Gasteiger partial charge in [-0.2, -0.15) is 0 Å². The van der Waals surface area contributed by atoms with E-state index < -0.39 is 0 Å². The minimum absolute atomic E-state index is 0.547. The molecule has 152 valence electrons.